The summed E-state index contributed by atoms with van der Waals surface area (Å²) in [6.45, 7) is 3.19. The zero-order valence-electron chi connectivity index (χ0n) is 9.05. The van der Waals surface area contributed by atoms with Gasteiger partial charge in [-0.05, 0) is 32.4 Å². The fourth-order valence-corrected chi connectivity index (χ4v) is 2.20. The van der Waals surface area contributed by atoms with Crippen LogP contribution in [0.4, 0.5) is 0 Å². The Labute approximate surface area is 89.5 Å². The molecule has 4 heteroatoms. The molecule has 0 amide bonds. The van der Waals surface area contributed by atoms with Crippen molar-refractivity contribution in [1.82, 2.24) is 10.6 Å². The van der Waals surface area contributed by atoms with Crippen LogP contribution >= 0.6 is 0 Å². The Bertz CT molecular complexity index is 168. The van der Waals surface area contributed by atoms with Crippen molar-refractivity contribution in [3.8, 4) is 0 Å². The normalized spacial score (nSPS) is 26.5. The van der Waals surface area contributed by atoms with Crippen LogP contribution in [0.15, 0.2) is 0 Å². The number of nitrogens with one attached hydrogen (secondary N) is 2. The van der Waals surface area contributed by atoms with Gasteiger partial charge in [-0.3, -0.25) is 4.21 Å². The molecule has 0 aromatic heterocycles. The van der Waals surface area contributed by atoms with Gasteiger partial charge in [0.1, 0.15) is 0 Å². The summed E-state index contributed by atoms with van der Waals surface area (Å²) in [6.07, 6.45) is 6.84. The molecule has 1 aliphatic rings. The summed E-state index contributed by atoms with van der Waals surface area (Å²) in [5.74, 6) is 0.782. The van der Waals surface area contributed by atoms with Crippen LogP contribution in [-0.4, -0.2) is 41.9 Å². The van der Waals surface area contributed by atoms with Crippen molar-refractivity contribution in [2.75, 3.05) is 31.6 Å². The maximum absolute atomic E-state index is 10.9. The minimum absolute atomic E-state index is 0.631. The minimum Gasteiger partial charge on any atom is -0.317 e. The molecule has 2 unspecified atom stereocenters. The maximum Gasteiger partial charge on any atom is 0.0357 e. The first-order chi connectivity index (χ1) is 6.79. The standard InChI is InChI=1S/C10H22N2OS/c1-14(13)9-8-12-10-4-2-3-6-11-7-5-10/h10-12H,2-9H2,1H3. The van der Waals surface area contributed by atoms with Crippen molar-refractivity contribution in [3.05, 3.63) is 0 Å². The molecule has 0 bridgehead atoms. The molecule has 1 rings (SSSR count). The van der Waals surface area contributed by atoms with Crippen molar-refractivity contribution < 1.29 is 4.21 Å². The molecule has 1 heterocycles. The Kier molecular flexibility index (Phi) is 6.39. The Hall–Kier alpha value is 0.0700. The fourth-order valence-electron chi connectivity index (χ4n) is 1.80. The molecule has 0 saturated carbocycles. The summed E-state index contributed by atoms with van der Waals surface area (Å²) in [5.41, 5.74) is 0. The second-order valence-electron chi connectivity index (χ2n) is 3.96. The smallest absolute Gasteiger partial charge is 0.0357 e. The molecule has 1 aliphatic heterocycles. The Morgan fingerprint density at radius 2 is 2.21 bits per heavy atom. The summed E-state index contributed by atoms with van der Waals surface area (Å²) >= 11 is 0. The van der Waals surface area contributed by atoms with E-state index in [9.17, 15) is 4.21 Å². The van der Waals surface area contributed by atoms with Crippen molar-refractivity contribution >= 4 is 10.8 Å². The number of rotatable bonds is 4. The first-order valence-corrected chi connectivity index (χ1v) is 7.26. The molecule has 1 saturated heterocycles. The van der Waals surface area contributed by atoms with E-state index in [1.54, 1.807) is 6.26 Å². The number of hydrogen-bond donors (Lipinski definition) is 2. The van der Waals surface area contributed by atoms with E-state index >= 15 is 0 Å². The van der Waals surface area contributed by atoms with E-state index in [2.05, 4.69) is 10.6 Å². The molecule has 0 aromatic carbocycles. The zero-order valence-corrected chi connectivity index (χ0v) is 9.87. The molecular formula is C10H22N2OS. The second kappa shape index (κ2) is 7.37. The first kappa shape index (κ1) is 12.1. The van der Waals surface area contributed by atoms with Gasteiger partial charge in [-0.25, -0.2) is 0 Å². The van der Waals surface area contributed by atoms with Crippen LogP contribution in [0.1, 0.15) is 25.7 Å². The highest BCUT2D eigenvalue weighted by atomic mass is 32.2. The van der Waals surface area contributed by atoms with Gasteiger partial charge < -0.3 is 10.6 Å². The topological polar surface area (TPSA) is 41.1 Å². The Balaban J connectivity index is 2.10. The molecular weight excluding hydrogens is 196 g/mol. The predicted octanol–water partition coefficient (Wildman–Crippen LogP) is 0.487. The summed E-state index contributed by atoms with van der Waals surface area (Å²) in [4.78, 5) is 0. The van der Waals surface area contributed by atoms with E-state index in [1.807, 2.05) is 0 Å². The van der Waals surface area contributed by atoms with Crippen LogP contribution in [0.25, 0.3) is 0 Å². The van der Waals surface area contributed by atoms with Gasteiger partial charge in [0.2, 0.25) is 0 Å². The summed E-state index contributed by atoms with van der Waals surface area (Å²) in [6, 6.07) is 0.631. The summed E-state index contributed by atoms with van der Waals surface area (Å²) < 4.78 is 10.9. The van der Waals surface area contributed by atoms with Gasteiger partial charge in [0.05, 0.1) is 0 Å². The molecule has 0 aromatic rings. The molecule has 0 aliphatic carbocycles. The monoisotopic (exact) mass is 218 g/mol. The van der Waals surface area contributed by atoms with Crippen LogP contribution in [0, 0.1) is 0 Å². The zero-order chi connectivity index (χ0) is 10.2. The molecule has 84 valence electrons. The first-order valence-electron chi connectivity index (χ1n) is 5.53. The summed E-state index contributed by atoms with van der Waals surface area (Å²) in [5, 5.41) is 6.90. The van der Waals surface area contributed by atoms with Gasteiger partial charge in [0.15, 0.2) is 0 Å². The molecule has 0 radical (unpaired) electrons. The van der Waals surface area contributed by atoms with Crippen molar-refractivity contribution in [3.63, 3.8) is 0 Å². The van der Waals surface area contributed by atoms with E-state index in [1.165, 1.54) is 32.2 Å². The largest absolute Gasteiger partial charge is 0.317 e. The highest BCUT2D eigenvalue weighted by Crippen LogP contribution is 2.06. The molecule has 1 fully saturated rings. The predicted molar refractivity (Wildman–Crippen MR) is 62.1 cm³/mol. The lowest BCUT2D eigenvalue weighted by molar-refractivity contribution is 0.407. The quantitative estimate of drug-likeness (QED) is 0.721. The minimum atomic E-state index is -0.656. The third-order valence-corrected chi connectivity index (χ3v) is 3.43. The van der Waals surface area contributed by atoms with Crippen molar-refractivity contribution in [2.24, 2.45) is 0 Å². The van der Waals surface area contributed by atoms with E-state index in [-0.39, 0.29) is 0 Å². The molecule has 0 spiro atoms. The van der Waals surface area contributed by atoms with Crippen LogP contribution in [0.2, 0.25) is 0 Å². The van der Waals surface area contributed by atoms with E-state index in [0.29, 0.717) is 6.04 Å². The maximum atomic E-state index is 10.9. The lowest BCUT2D eigenvalue weighted by atomic mass is 10.0. The second-order valence-corrected chi connectivity index (χ2v) is 5.52. The van der Waals surface area contributed by atoms with Crippen molar-refractivity contribution in [2.45, 2.75) is 31.7 Å². The highest BCUT2D eigenvalue weighted by molar-refractivity contribution is 7.84. The molecule has 3 nitrogen and oxygen atoms in total. The van der Waals surface area contributed by atoms with Crippen molar-refractivity contribution in [1.29, 1.82) is 0 Å². The van der Waals surface area contributed by atoms with Crippen LogP contribution < -0.4 is 10.6 Å². The fraction of sp³-hybridized carbons (Fsp3) is 1.00. The van der Waals surface area contributed by atoms with Crippen LogP contribution in [0.3, 0.4) is 0 Å². The Morgan fingerprint density at radius 3 is 3.00 bits per heavy atom. The third-order valence-electron chi connectivity index (χ3n) is 2.65. The lowest BCUT2D eigenvalue weighted by Gasteiger charge is -2.21. The average molecular weight is 218 g/mol. The third kappa shape index (κ3) is 5.73. The summed E-state index contributed by atoms with van der Waals surface area (Å²) in [7, 11) is -0.656. The van der Waals surface area contributed by atoms with Crippen LogP contribution in [0.5, 0.6) is 0 Å². The van der Waals surface area contributed by atoms with E-state index < -0.39 is 10.8 Å². The van der Waals surface area contributed by atoms with Gasteiger partial charge in [0, 0.05) is 35.4 Å². The van der Waals surface area contributed by atoms with Gasteiger partial charge in [0.25, 0.3) is 0 Å². The van der Waals surface area contributed by atoms with Gasteiger partial charge in [-0.15, -0.1) is 0 Å². The highest BCUT2D eigenvalue weighted by Gasteiger charge is 2.09. The van der Waals surface area contributed by atoms with Gasteiger partial charge in [-0.2, -0.15) is 0 Å². The molecule has 14 heavy (non-hydrogen) atoms. The number of hydrogen-bond acceptors (Lipinski definition) is 3. The van der Waals surface area contributed by atoms with Crippen LogP contribution in [-0.2, 0) is 10.8 Å². The lowest BCUT2D eigenvalue weighted by Crippen LogP contribution is -2.36. The SMILES string of the molecule is CS(=O)CCNC1CCCCNCC1. The average Bonchev–Trinajstić information content (AvgIpc) is 2.07. The van der Waals surface area contributed by atoms with E-state index in [0.717, 1.165) is 18.8 Å². The molecule has 2 N–H and O–H groups in total. The van der Waals surface area contributed by atoms with Gasteiger partial charge >= 0.3 is 0 Å². The molecule has 2 atom stereocenters. The van der Waals surface area contributed by atoms with Gasteiger partial charge in [-0.1, -0.05) is 6.42 Å². The van der Waals surface area contributed by atoms with E-state index in [4.69, 9.17) is 0 Å². The Morgan fingerprint density at radius 1 is 1.36 bits per heavy atom.